The maximum atomic E-state index is 13.6. The van der Waals surface area contributed by atoms with E-state index in [1.165, 1.54) is 29.5 Å². The van der Waals surface area contributed by atoms with E-state index in [1.807, 2.05) is 41.3 Å². The Labute approximate surface area is 326 Å². The normalized spacial score (nSPS) is 15.4. The molecule has 11 nitrogen and oxygen atoms in total. The molecule has 4 heterocycles. The lowest BCUT2D eigenvalue weighted by Gasteiger charge is -2.26. The first-order valence-electron chi connectivity index (χ1n) is 17.2. The highest BCUT2D eigenvalue weighted by atomic mass is 35.5. The van der Waals surface area contributed by atoms with Gasteiger partial charge in [-0.2, -0.15) is 4.98 Å². The van der Waals surface area contributed by atoms with Crippen LogP contribution in [0.5, 0.6) is 0 Å². The summed E-state index contributed by atoms with van der Waals surface area (Å²) in [6.45, 7) is 6.72. The molecule has 0 aliphatic carbocycles. The smallest absolute Gasteiger partial charge is 0.298 e. The summed E-state index contributed by atoms with van der Waals surface area (Å²) >= 11 is 13.5. The summed E-state index contributed by atoms with van der Waals surface area (Å²) in [7, 11) is -7.58. The zero-order chi connectivity index (χ0) is 37.5. The predicted octanol–water partition coefficient (Wildman–Crippen LogP) is 7.07. The number of hydrogen-bond donors (Lipinski definition) is 2. The minimum Gasteiger partial charge on any atom is -0.423 e. The van der Waals surface area contributed by atoms with Gasteiger partial charge in [0.15, 0.2) is 10.7 Å². The maximum absolute atomic E-state index is 13.6. The first-order valence-corrected chi connectivity index (χ1v) is 21.8. The van der Waals surface area contributed by atoms with Gasteiger partial charge in [0.05, 0.1) is 29.9 Å². The number of anilines is 2. The highest BCUT2D eigenvalue weighted by Gasteiger charge is 2.28. The largest absolute Gasteiger partial charge is 0.423 e. The second kappa shape index (κ2) is 15.1. The van der Waals surface area contributed by atoms with Gasteiger partial charge in [-0.15, -0.1) is 0 Å². The van der Waals surface area contributed by atoms with E-state index < -0.39 is 19.7 Å². The van der Waals surface area contributed by atoms with Gasteiger partial charge in [-0.25, -0.2) is 21.8 Å². The molecule has 9 rings (SSSR count). The van der Waals surface area contributed by atoms with E-state index in [4.69, 9.17) is 32.6 Å². The predicted molar refractivity (Wildman–Crippen MR) is 215 cm³/mol. The number of fused-ring (bicyclic) bond motifs is 3. The number of thiazole rings is 1. The Morgan fingerprint density at radius 1 is 0.648 bits per heavy atom. The molecule has 0 saturated carbocycles. The number of aromatic nitrogens is 2. The van der Waals surface area contributed by atoms with Crippen molar-refractivity contribution < 1.29 is 21.3 Å². The molecule has 0 spiro atoms. The summed E-state index contributed by atoms with van der Waals surface area (Å²) in [6.07, 6.45) is 0. The van der Waals surface area contributed by atoms with Gasteiger partial charge in [0.1, 0.15) is 10.4 Å². The van der Waals surface area contributed by atoms with E-state index in [2.05, 4.69) is 20.5 Å². The second-order valence-electron chi connectivity index (χ2n) is 12.7. The first kappa shape index (κ1) is 36.7. The van der Waals surface area contributed by atoms with Crippen molar-refractivity contribution in [3.05, 3.63) is 107 Å². The number of halogens is 2. The highest BCUT2D eigenvalue weighted by molar-refractivity contribution is 7.92. The highest BCUT2D eigenvalue weighted by Crippen LogP contribution is 2.38. The Morgan fingerprint density at radius 2 is 1.28 bits per heavy atom. The maximum Gasteiger partial charge on any atom is 0.298 e. The van der Waals surface area contributed by atoms with Gasteiger partial charge >= 0.3 is 0 Å². The van der Waals surface area contributed by atoms with E-state index in [1.54, 1.807) is 42.5 Å². The molecule has 2 aliphatic heterocycles. The number of sulfone groups is 2. The molecule has 2 fully saturated rings. The topological polar surface area (TPSA) is 138 Å². The van der Waals surface area contributed by atoms with Crippen LogP contribution >= 0.6 is 34.5 Å². The Balaban J connectivity index is 0.000000154. The van der Waals surface area contributed by atoms with Gasteiger partial charge in [-0.1, -0.05) is 83.1 Å². The fourth-order valence-electron chi connectivity index (χ4n) is 6.58. The first-order chi connectivity index (χ1) is 26.1. The minimum atomic E-state index is -3.91. The molecule has 2 saturated heterocycles. The van der Waals surface area contributed by atoms with E-state index in [9.17, 15) is 16.8 Å². The third-order valence-corrected chi connectivity index (χ3v) is 15.0. The molecule has 5 aromatic carbocycles. The molecule has 16 heteroatoms. The van der Waals surface area contributed by atoms with Crippen molar-refractivity contribution in [2.75, 3.05) is 62.2 Å². The van der Waals surface area contributed by atoms with Crippen LogP contribution in [0.2, 0.25) is 10.0 Å². The van der Waals surface area contributed by atoms with Gasteiger partial charge in [0, 0.05) is 62.8 Å². The molecular weight excluding hydrogens is 788 g/mol. The number of nitrogens with one attached hydrogen (secondary N) is 2. The number of benzene rings is 5. The molecular formula is C38H34Cl2N6O5S3. The van der Waals surface area contributed by atoms with Gasteiger partial charge < -0.3 is 24.9 Å². The third kappa shape index (κ3) is 7.03. The molecule has 2 aliphatic rings. The summed E-state index contributed by atoms with van der Waals surface area (Å²) in [5, 5.41) is 9.53. The molecule has 2 N–H and O–H groups in total. The van der Waals surface area contributed by atoms with Crippen molar-refractivity contribution in [1.82, 2.24) is 20.6 Å². The van der Waals surface area contributed by atoms with E-state index in [-0.39, 0.29) is 20.3 Å². The fraction of sp³-hybridized carbons (Fsp3) is 0.211. The lowest BCUT2D eigenvalue weighted by molar-refractivity contribution is 0.517. The molecule has 278 valence electrons. The third-order valence-electron chi connectivity index (χ3n) is 9.31. The summed E-state index contributed by atoms with van der Waals surface area (Å²) in [5.41, 5.74) is 1.44. The molecule has 0 radical (unpaired) electrons. The lowest BCUT2D eigenvalue weighted by Crippen LogP contribution is -2.43. The van der Waals surface area contributed by atoms with Gasteiger partial charge in [0.25, 0.3) is 6.01 Å². The van der Waals surface area contributed by atoms with Crippen LogP contribution in [-0.2, 0) is 19.7 Å². The molecule has 0 atom stereocenters. The summed E-state index contributed by atoms with van der Waals surface area (Å²) < 4.78 is 60.0. The van der Waals surface area contributed by atoms with Crippen LogP contribution in [-0.4, -0.2) is 79.2 Å². The monoisotopic (exact) mass is 820 g/mol. The lowest BCUT2D eigenvalue weighted by atomic mass is 10.1. The van der Waals surface area contributed by atoms with E-state index in [0.29, 0.717) is 26.4 Å². The number of nitrogens with zero attached hydrogens (tertiary/aromatic N) is 4. The van der Waals surface area contributed by atoms with E-state index in [0.717, 1.165) is 78.5 Å². The summed E-state index contributed by atoms with van der Waals surface area (Å²) in [4.78, 5) is 14.1. The van der Waals surface area contributed by atoms with Crippen molar-refractivity contribution >= 4 is 97.4 Å². The number of hydrogen-bond acceptors (Lipinski definition) is 12. The zero-order valence-electron chi connectivity index (χ0n) is 28.7. The van der Waals surface area contributed by atoms with Crippen molar-refractivity contribution in [1.29, 1.82) is 0 Å². The molecule has 54 heavy (non-hydrogen) atoms. The number of piperazine rings is 2. The van der Waals surface area contributed by atoms with Crippen LogP contribution in [0.1, 0.15) is 0 Å². The number of oxazole rings is 1. The Kier molecular flexibility index (Phi) is 10.3. The molecule has 0 amide bonds. The average Bonchev–Trinajstić information content (AvgIpc) is 3.85. The Bertz CT molecular complexity index is 2720. The van der Waals surface area contributed by atoms with Crippen molar-refractivity contribution in [2.45, 2.75) is 19.6 Å². The van der Waals surface area contributed by atoms with Crippen LogP contribution in [0.4, 0.5) is 11.1 Å². The van der Waals surface area contributed by atoms with Crippen LogP contribution in [0.15, 0.2) is 121 Å². The van der Waals surface area contributed by atoms with Gasteiger partial charge in [-0.3, -0.25) is 0 Å². The quantitative estimate of drug-likeness (QED) is 0.178. The van der Waals surface area contributed by atoms with Crippen LogP contribution in [0, 0.1) is 0 Å². The average molecular weight is 822 g/mol. The summed E-state index contributed by atoms with van der Waals surface area (Å²) in [5.74, 6) is 0. The second-order valence-corrected chi connectivity index (χ2v) is 18.3. The van der Waals surface area contributed by atoms with Gasteiger partial charge in [0.2, 0.25) is 19.7 Å². The molecule has 2 aromatic heterocycles. The standard InChI is InChI=1S/C21H19N3O2S2.C17H15Cl2N3O3S/c25-28(26,18-9-3-6-15-5-1-2-7-16(15)18)19-10-4-8-17-20(19)27-21(23-17)24-13-11-22-12-14-24;18-11-4-5-12(19)15(10-11)26(23,24)14-3-1-2-13-16(14)21-17(25-13)22-8-6-20-7-9-22/h1-10,22H,11-14H2;1-5,10,20H,6-9H2. The SMILES string of the molecule is O=S(=O)(c1cc(Cl)ccc1Cl)c1cccc2oc(N3CCNCC3)nc12.O=S(=O)(c1cccc2ccccc12)c1cccc2nc(N3CCNCC3)sc12. The number of para-hydroxylation sites is 1. The van der Waals surface area contributed by atoms with Crippen molar-refractivity contribution in [2.24, 2.45) is 0 Å². The molecule has 0 unspecified atom stereocenters. The van der Waals surface area contributed by atoms with Crippen molar-refractivity contribution in [3.8, 4) is 0 Å². The number of rotatable bonds is 6. The fourth-order valence-corrected chi connectivity index (χ4v) is 11.8. The van der Waals surface area contributed by atoms with Crippen molar-refractivity contribution in [3.63, 3.8) is 0 Å². The van der Waals surface area contributed by atoms with Crippen LogP contribution in [0.25, 0.3) is 32.1 Å². The van der Waals surface area contributed by atoms with Crippen LogP contribution < -0.4 is 20.4 Å². The zero-order valence-corrected chi connectivity index (χ0v) is 32.7. The summed E-state index contributed by atoms with van der Waals surface area (Å²) in [6, 6.07) is 28.0. The Morgan fingerprint density at radius 3 is 2.06 bits per heavy atom. The molecule has 7 aromatic rings. The Hall–Kier alpha value is -4.28. The van der Waals surface area contributed by atoms with E-state index >= 15 is 0 Å². The van der Waals surface area contributed by atoms with Crippen LogP contribution in [0.3, 0.4) is 0 Å². The van der Waals surface area contributed by atoms with Gasteiger partial charge in [-0.05, 0) is 53.9 Å². The molecule has 0 bridgehead atoms. The minimum absolute atomic E-state index is 0.0456.